The number of benzene rings is 3. The number of fused-ring (bicyclic) bond motifs is 1. The first-order valence-electron chi connectivity index (χ1n) is 15.8. The molecule has 250 valence electrons. The number of rotatable bonds is 12. The third kappa shape index (κ3) is 7.18. The molecule has 1 fully saturated rings. The molecule has 12 heteroatoms. The molecule has 1 saturated heterocycles. The summed E-state index contributed by atoms with van der Waals surface area (Å²) in [5.74, 6) is 0.957. The Hall–Kier alpha value is -4.06. The van der Waals surface area contributed by atoms with E-state index in [1.807, 2.05) is 44.2 Å². The number of ether oxygens (including phenoxy) is 3. The highest BCUT2D eigenvalue weighted by atomic mass is 35.5. The van der Waals surface area contributed by atoms with Crippen molar-refractivity contribution in [2.45, 2.75) is 62.8 Å². The second kappa shape index (κ2) is 14.6. The van der Waals surface area contributed by atoms with Gasteiger partial charge in [-0.15, -0.1) is 10.2 Å². The fourth-order valence-corrected chi connectivity index (χ4v) is 7.59. The van der Waals surface area contributed by atoms with Crippen LogP contribution >= 0.6 is 34.7 Å². The van der Waals surface area contributed by atoms with Crippen LogP contribution in [0.5, 0.6) is 17.2 Å². The van der Waals surface area contributed by atoms with Crippen LogP contribution in [0.25, 0.3) is 5.76 Å². The number of nitrogens with zero attached hydrogens (tertiary/aromatic N) is 3. The third-order valence-electron chi connectivity index (χ3n) is 8.03. The Morgan fingerprint density at radius 2 is 1.88 bits per heavy atom. The monoisotopic (exact) mass is 705 g/mol. The van der Waals surface area contributed by atoms with Gasteiger partial charge >= 0.3 is 5.91 Å². The molecular formula is C36H36ClN3O6S2. The molecule has 6 rings (SSSR count). The average Bonchev–Trinajstić information content (AvgIpc) is 3.75. The predicted molar refractivity (Wildman–Crippen MR) is 189 cm³/mol. The zero-order chi connectivity index (χ0) is 33.9. The van der Waals surface area contributed by atoms with E-state index < -0.39 is 17.7 Å². The van der Waals surface area contributed by atoms with Crippen molar-refractivity contribution in [1.82, 2.24) is 10.2 Å². The number of aromatic nitrogens is 2. The number of halogens is 1. The van der Waals surface area contributed by atoms with Crippen LogP contribution in [0, 0.1) is 5.92 Å². The molecule has 9 nitrogen and oxygen atoms in total. The maximum Gasteiger partial charge on any atom is 0.301 e. The van der Waals surface area contributed by atoms with E-state index in [1.165, 1.54) is 28.0 Å². The standard InChI is InChI=1S/C36H36ClN3O6S2/c1-5-44-29-18-23(8-13-28(29)45-15-14-20(2)3)31-30(32(41)24-9-12-27-25(17-24)16-21(4)46-27)33(42)34(43)40(31)35-38-39-36(48-35)47-19-22-6-10-26(37)11-7-22/h6-13,17-18,20-21,31,41H,5,14-16,19H2,1-4H3/b32-30+. The molecule has 0 bridgehead atoms. The largest absolute Gasteiger partial charge is 0.507 e. The summed E-state index contributed by atoms with van der Waals surface area (Å²) in [6.07, 6.45) is 1.55. The van der Waals surface area contributed by atoms with Crippen LogP contribution in [-0.2, 0) is 21.8 Å². The highest BCUT2D eigenvalue weighted by Gasteiger charge is 2.48. The molecule has 0 spiro atoms. The minimum absolute atomic E-state index is 0.00500. The van der Waals surface area contributed by atoms with Crippen molar-refractivity contribution in [3.8, 4) is 17.2 Å². The summed E-state index contributed by atoms with van der Waals surface area (Å²) >= 11 is 8.70. The Morgan fingerprint density at radius 1 is 1.08 bits per heavy atom. The number of hydrogen-bond acceptors (Lipinski definition) is 10. The van der Waals surface area contributed by atoms with Crippen molar-refractivity contribution < 1.29 is 28.9 Å². The maximum absolute atomic E-state index is 13.9. The quantitative estimate of drug-likeness (QED) is 0.0512. The number of carbonyl (C=O) groups excluding carboxylic acids is 2. The molecule has 2 unspecified atom stereocenters. The van der Waals surface area contributed by atoms with Gasteiger partial charge in [0.15, 0.2) is 15.8 Å². The Bertz CT molecular complexity index is 1860. The van der Waals surface area contributed by atoms with Gasteiger partial charge in [0, 0.05) is 22.8 Å². The van der Waals surface area contributed by atoms with Crippen molar-refractivity contribution >= 4 is 57.3 Å². The summed E-state index contributed by atoms with van der Waals surface area (Å²) < 4.78 is 18.5. The molecule has 2 atom stereocenters. The van der Waals surface area contributed by atoms with Gasteiger partial charge in [-0.05, 0) is 85.3 Å². The van der Waals surface area contributed by atoms with Crippen LogP contribution in [-0.4, -0.2) is 46.3 Å². The molecule has 1 N–H and O–H groups in total. The molecule has 3 aromatic carbocycles. The van der Waals surface area contributed by atoms with Gasteiger partial charge in [0.05, 0.1) is 24.8 Å². The van der Waals surface area contributed by atoms with Crippen molar-refractivity contribution in [1.29, 1.82) is 0 Å². The first-order valence-corrected chi connectivity index (χ1v) is 18.0. The second-order valence-corrected chi connectivity index (χ2v) is 14.7. The molecule has 0 radical (unpaired) electrons. The fourth-order valence-electron chi connectivity index (χ4n) is 5.64. The predicted octanol–water partition coefficient (Wildman–Crippen LogP) is 8.26. The van der Waals surface area contributed by atoms with E-state index in [1.54, 1.807) is 30.3 Å². The van der Waals surface area contributed by atoms with Gasteiger partial charge in [-0.3, -0.25) is 14.5 Å². The molecule has 0 aliphatic carbocycles. The zero-order valence-corrected chi connectivity index (χ0v) is 29.5. The number of carbonyl (C=O) groups is 2. The lowest BCUT2D eigenvalue weighted by atomic mass is 9.94. The number of anilines is 1. The smallest absolute Gasteiger partial charge is 0.301 e. The lowest BCUT2D eigenvalue weighted by Gasteiger charge is -2.24. The minimum Gasteiger partial charge on any atom is -0.507 e. The van der Waals surface area contributed by atoms with Crippen LogP contribution in [0.1, 0.15) is 62.4 Å². The van der Waals surface area contributed by atoms with Crippen LogP contribution in [0.15, 0.2) is 70.6 Å². The van der Waals surface area contributed by atoms with Crippen LogP contribution in [0.2, 0.25) is 5.02 Å². The van der Waals surface area contributed by atoms with Gasteiger partial charge in [0.2, 0.25) is 5.13 Å². The number of thioether (sulfide) groups is 1. The van der Waals surface area contributed by atoms with Gasteiger partial charge in [-0.25, -0.2) is 0 Å². The summed E-state index contributed by atoms with van der Waals surface area (Å²) in [5, 5.41) is 21.3. The van der Waals surface area contributed by atoms with Gasteiger partial charge < -0.3 is 19.3 Å². The van der Waals surface area contributed by atoms with Crippen molar-refractivity contribution in [2.75, 3.05) is 18.1 Å². The van der Waals surface area contributed by atoms with Crippen molar-refractivity contribution in [3.63, 3.8) is 0 Å². The molecular weight excluding hydrogens is 670 g/mol. The van der Waals surface area contributed by atoms with Crippen LogP contribution in [0.4, 0.5) is 5.13 Å². The fraction of sp³-hybridized carbons (Fsp3) is 0.333. The second-order valence-electron chi connectivity index (χ2n) is 12.1. The molecule has 4 aromatic rings. The van der Waals surface area contributed by atoms with E-state index in [9.17, 15) is 14.7 Å². The summed E-state index contributed by atoms with van der Waals surface area (Å²) in [6.45, 7) is 8.99. The first-order chi connectivity index (χ1) is 23.1. The van der Waals surface area contributed by atoms with Gasteiger partial charge in [0.1, 0.15) is 17.6 Å². The Morgan fingerprint density at radius 3 is 2.62 bits per heavy atom. The lowest BCUT2D eigenvalue weighted by Crippen LogP contribution is -2.29. The SMILES string of the molecule is CCOc1cc(C2/C(=C(\O)c3ccc4c(c3)CC(C)O4)C(=O)C(=O)N2c2nnc(SCc3ccc(Cl)cc3)s2)ccc1OCCC(C)C. The average molecular weight is 706 g/mol. The molecule has 3 heterocycles. The van der Waals surface area contributed by atoms with E-state index in [4.69, 9.17) is 25.8 Å². The highest BCUT2D eigenvalue weighted by Crippen LogP contribution is 2.46. The number of ketones is 1. The lowest BCUT2D eigenvalue weighted by molar-refractivity contribution is -0.132. The molecule has 2 aliphatic rings. The molecule has 2 aliphatic heterocycles. The van der Waals surface area contributed by atoms with E-state index in [0.29, 0.717) is 63.3 Å². The van der Waals surface area contributed by atoms with E-state index in [-0.39, 0.29) is 22.6 Å². The Labute approximate surface area is 292 Å². The summed E-state index contributed by atoms with van der Waals surface area (Å²) in [5.41, 5.74) is 2.90. The van der Waals surface area contributed by atoms with Crippen molar-refractivity contribution in [3.05, 3.63) is 93.5 Å². The van der Waals surface area contributed by atoms with E-state index >= 15 is 0 Å². The topological polar surface area (TPSA) is 111 Å². The molecule has 0 saturated carbocycles. The summed E-state index contributed by atoms with van der Waals surface area (Å²) in [6, 6.07) is 17.2. The molecule has 48 heavy (non-hydrogen) atoms. The minimum atomic E-state index is -1.00. The van der Waals surface area contributed by atoms with Crippen molar-refractivity contribution in [2.24, 2.45) is 5.92 Å². The number of Topliss-reactive ketones (excluding diaryl/α,β-unsaturated/α-hetero) is 1. The number of aliphatic hydroxyl groups is 1. The van der Waals surface area contributed by atoms with Crippen LogP contribution < -0.4 is 19.1 Å². The summed E-state index contributed by atoms with van der Waals surface area (Å²) in [7, 11) is 0. The van der Waals surface area contributed by atoms with Gasteiger partial charge in [0.25, 0.3) is 5.78 Å². The third-order valence-corrected chi connectivity index (χ3v) is 10.4. The van der Waals surface area contributed by atoms with Gasteiger partial charge in [-0.1, -0.05) is 66.7 Å². The molecule has 1 amide bonds. The first kappa shape index (κ1) is 33.8. The van der Waals surface area contributed by atoms with E-state index in [0.717, 1.165) is 23.3 Å². The Balaban J connectivity index is 1.40. The highest BCUT2D eigenvalue weighted by molar-refractivity contribution is 8.00. The zero-order valence-electron chi connectivity index (χ0n) is 27.1. The van der Waals surface area contributed by atoms with Crippen LogP contribution in [0.3, 0.4) is 0 Å². The maximum atomic E-state index is 13.9. The number of aliphatic hydroxyl groups excluding tert-OH is 1. The molecule has 1 aromatic heterocycles. The summed E-state index contributed by atoms with van der Waals surface area (Å²) in [4.78, 5) is 29.0. The Kier molecular flexibility index (Phi) is 10.3. The number of amides is 1. The van der Waals surface area contributed by atoms with E-state index in [2.05, 4.69) is 24.0 Å². The number of hydrogen-bond donors (Lipinski definition) is 1. The normalized spacial score (nSPS) is 18.3. The van der Waals surface area contributed by atoms with Gasteiger partial charge in [-0.2, -0.15) is 0 Å².